The van der Waals surface area contributed by atoms with Crippen molar-refractivity contribution in [2.75, 3.05) is 0 Å². The van der Waals surface area contributed by atoms with Gasteiger partial charge in [0.2, 0.25) is 11.7 Å². The number of halogens is 1. The van der Waals surface area contributed by atoms with Gasteiger partial charge in [-0.2, -0.15) is 4.98 Å². The lowest BCUT2D eigenvalue weighted by molar-refractivity contribution is 0.0917. The molecule has 0 fully saturated rings. The predicted octanol–water partition coefficient (Wildman–Crippen LogP) is 3.33. The maximum absolute atomic E-state index is 11.8. The molecule has 0 spiro atoms. The van der Waals surface area contributed by atoms with Gasteiger partial charge in [0.1, 0.15) is 0 Å². The lowest BCUT2D eigenvalue weighted by Crippen LogP contribution is -2.22. The molecule has 3 aromatic rings. The number of furan rings is 1. The summed E-state index contributed by atoms with van der Waals surface area (Å²) in [7, 11) is 0. The van der Waals surface area contributed by atoms with Crippen molar-refractivity contribution in [2.45, 2.75) is 13.5 Å². The van der Waals surface area contributed by atoms with Crippen LogP contribution in [0.1, 0.15) is 22.0 Å². The molecule has 2 aromatic heterocycles. The molecule has 7 heteroatoms. The van der Waals surface area contributed by atoms with Crippen LogP contribution in [0.3, 0.4) is 0 Å². The Morgan fingerprint density at radius 1 is 1.23 bits per heavy atom. The van der Waals surface area contributed by atoms with Gasteiger partial charge in [-0.25, -0.2) is 0 Å². The smallest absolute Gasteiger partial charge is 0.287 e. The molecule has 22 heavy (non-hydrogen) atoms. The average Bonchev–Trinajstić information content (AvgIpc) is 3.15. The van der Waals surface area contributed by atoms with E-state index in [2.05, 4.69) is 31.4 Å². The number of benzene rings is 1. The molecule has 0 saturated carbocycles. The molecular formula is C15H12BrN3O3. The van der Waals surface area contributed by atoms with Crippen molar-refractivity contribution < 1.29 is 13.7 Å². The van der Waals surface area contributed by atoms with Gasteiger partial charge in [-0.1, -0.05) is 35.0 Å². The van der Waals surface area contributed by atoms with Crippen molar-refractivity contribution >= 4 is 21.8 Å². The van der Waals surface area contributed by atoms with Crippen LogP contribution in [-0.4, -0.2) is 16.0 Å². The Labute approximate surface area is 134 Å². The fourth-order valence-corrected chi connectivity index (χ4v) is 2.13. The predicted molar refractivity (Wildman–Crippen MR) is 82.0 cm³/mol. The minimum absolute atomic E-state index is 0.135. The summed E-state index contributed by atoms with van der Waals surface area (Å²) in [6.45, 7) is 2.14. The summed E-state index contributed by atoms with van der Waals surface area (Å²) in [5, 5.41) is 6.56. The summed E-state index contributed by atoms with van der Waals surface area (Å²) in [5.41, 5.74) is 2.02. The summed E-state index contributed by atoms with van der Waals surface area (Å²) < 4.78 is 10.8. The Balaban J connectivity index is 1.64. The molecule has 1 amide bonds. The van der Waals surface area contributed by atoms with Crippen LogP contribution >= 0.6 is 15.9 Å². The number of hydrogen-bond acceptors (Lipinski definition) is 5. The van der Waals surface area contributed by atoms with Crippen molar-refractivity contribution in [3.8, 4) is 11.4 Å². The Hall–Kier alpha value is -2.41. The number of carbonyl (C=O) groups is 1. The largest absolute Gasteiger partial charge is 0.444 e. The Kier molecular flexibility index (Phi) is 4.06. The lowest BCUT2D eigenvalue weighted by Gasteiger charge is -1.98. The minimum Gasteiger partial charge on any atom is -0.444 e. The third kappa shape index (κ3) is 3.25. The first kappa shape index (κ1) is 14.5. The van der Waals surface area contributed by atoms with Crippen molar-refractivity contribution in [3.63, 3.8) is 0 Å². The standard InChI is InChI=1S/C15H12BrN3O3/c1-9-2-4-10(5-3-9)14-18-13(22-19-14)8-17-15(20)11-6-7-12(16)21-11/h2-7H,8H2,1H3,(H,17,20). The van der Waals surface area contributed by atoms with E-state index in [1.807, 2.05) is 31.2 Å². The van der Waals surface area contributed by atoms with Crippen molar-refractivity contribution in [3.05, 3.63) is 58.3 Å². The average molecular weight is 362 g/mol. The van der Waals surface area contributed by atoms with Crippen LogP contribution in [0.15, 0.2) is 50.0 Å². The SMILES string of the molecule is Cc1ccc(-c2noc(CNC(=O)c3ccc(Br)o3)n2)cc1. The second-order valence-electron chi connectivity index (χ2n) is 4.66. The van der Waals surface area contributed by atoms with E-state index in [1.165, 1.54) is 0 Å². The number of nitrogens with one attached hydrogen (secondary N) is 1. The highest BCUT2D eigenvalue weighted by Gasteiger charge is 2.13. The van der Waals surface area contributed by atoms with Crippen LogP contribution in [0.5, 0.6) is 0 Å². The number of hydrogen-bond donors (Lipinski definition) is 1. The second-order valence-corrected chi connectivity index (χ2v) is 5.45. The molecule has 0 radical (unpaired) electrons. The van der Waals surface area contributed by atoms with Gasteiger partial charge in [0, 0.05) is 5.56 Å². The molecule has 0 aliphatic carbocycles. The van der Waals surface area contributed by atoms with Crippen LogP contribution in [0.25, 0.3) is 11.4 Å². The van der Waals surface area contributed by atoms with Crippen molar-refractivity contribution in [1.82, 2.24) is 15.5 Å². The fourth-order valence-electron chi connectivity index (χ4n) is 1.83. The minimum atomic E-state index is -0.346. The maximum atomic E-state index is 11.8. The number of nitrogens with zero attached hydrogens (tertiary/aromatic N) is 2. The molecule has 3 rings (SSSR count). The molecule has 0 aliphatic heterocycles. The number of rotatable bonds is 4. The fraction of sp³-hybridized carbons (Fsp3) is 0.133. The monoisotopic (exact) mass is 361 g/mol. The molecule has 0 aliphatic rings. The highest BCUT2D eigenvalue weighted by molar-refractivity contribution is 9.10. The summed E-state index contributed by atoms with van der Waals surface area (Å²) >= 11 is 3.14. The molecule has 1 N–H and O–H groups in total. The summed E-state index contributed by atoms with van der Waals surface area (Å²) in [5.74, 6) is 0.686. The first-order chi connectivity index (χ1) is 10.6. The molecule has 0 saturated heterocycles. The zero-order valence-corrected chi connectivity index (χ0v) is 13.3. The Morgan fingerprint density at radius 3 is 2.68 bits per heavy atom. The number of carbonyl (C=O) groups excluding carboxylic acids is 1. The summed E-state index contributed by atoms with van der Waals surface area (Å²) in [6, 6.07) is 11.0. The van der Waals surface area contributed by atoms with Crippen molar-refractivity contribution in [2.24, 2.45) is 0 Å². The third-order valence-electron chi connectivity index (χ3n) is 2.98. The summed E-state index contributed by atoms with van der Waals surface area (Å²) in [6.07, 6.45) is 0. The molecule has 1 aromatic carbocycles. The molecular weight excluding hydrogens is 350 g/mol. The lowest BCUT2D eigenvalue weighted by atomic mass is 10.1. The normalized spacial score (nSPS) is 10.6. The zero-order chi connectivity index (χ0) is 15.5. The van der Waals surface area contributed by atoms with Gasteiger partial charge in [-0.15, -0.1) is 0 Å². The number of aryl methyl sites for hydroxylation is 1. The topological polar surface area (TPSA) is 81.2 Å². The van der Waals surface area contributed by atoms with Gasteiger partial charge in [-0.05, 0) is 35.0 Å². The first-order valence-electron chi connectivity index (χ1n) is 6.55. The molecule has 6 nitrogen and oxygen atoms in total. The van der Waals surface area contributed by atoms with Crippen LogP contribution in [0.2, 0.25) is 0 Å². The van der Waals surface area contributed by atoms with Crippen LogP contribution in [0.4, 0.5) is 0 Å². The zero-order valence-electron chi connectivity index (χ0n) is 11.7. The Bertz CT molecular complexity index is 792. The third-order valence-corrected chi connectivity index (χ3v) is 3.40. The Morgan fingerprint density at radius 2 is 2.00 bits per heavy atom. The van der Waals surface area contributed by atoms with Crippen LogP contribution < -0.4 is 5.32 Å². The van der Waals surface area contributed by atoms with E-state index in [-0.39, 0.29) is 18.2 Å². The molecule has 0 bridgehead atoms. The van der Waals surface area contributed by atoms with E-state index in [1.54, 1.807) is 12.1 Å². The van der Waals surface area contributed by atoms with Crippen LogP contribution in [0, 0.1) is 6.92 Å². The highest BCUT2D eigenvalue weighted by atomic mass is 79.9. The summed E-state index contributed by atoms with van der Waals surface area (Å²) in [4.78, 5) is 16.1. The van der Waals surface area contributed by atoms with Gasteiger partial charge in [0.15, 0.2) is 10.4 Å². The van der Waals surface area contributed by atoms with E-state index in [0.717, 1.165) is 11.1 Å². The molecule has 0 unspecified atom stereocenters. The quantitative estimate of drug-likeness (QED) is 0.770. The molecule has 0 atom stereocenters. The number of amides is 1. The van der Waals surface area contributed by atoms with Gasteiger partial charge < -0.3 is 14.3 Å². The van der Waals surface area contributed by atoms with E-state index in [0.29, 0.717) is 16.4 Å². The molecule has 112 valence electrons. The van der Waals surface area contributed by atoms with Gasteiger partial charge in [-0.3, -0.25) is 4.79 Å². The van der Waals surface area contributed by atoms with Gasteiger partial charge in [0.05, 0.1) is 6.54 Å². The molecule has 2 heterocycles. The number of aromatic nitrogens is 2. The van der Waals surface area contributed by atoms with E-state index in [4.69, 9.17) is 8.94 Å². The first-order valence-corrected chi connectivity index (χ1v) is 7.34. The van der Waals surface area contributed by atoms with Gasteiger partial charge >= 0.3 is 0 Å². The van der Waals surface area contributed by atoms with E-state index >= 15 is 0 Å². The maximum Gasteiger partial charge on any atom is 0.287 e. The highest BCUT2D eigenvalue weighted by Crippen LogP contribution is 2.17. The van der Waals surface area contributed by atoms with E-state index in [9.17, 15) is 4.79 Å². The van der Waals surface area contributed by atoms with Gasteiger partial charge in [0.25, 0.3) is 5.91 Å². The van der Waals surface area contributed by atoms with Crippen LogP contribution in [-0.2, 0) is 6.54 Å². The second kappa shape index (κ2) is 6.15. The van der Waals surface area contributed by atoms with Crippen molar-refractivity contribution in [1.29, 1.82) is 0 Å². The van der Waals surface area contributed by atoms with E-state index < -0.39 is 0 Å².